The highest BCUT2D eigenvalue weighted by atomic mass is 16.2. The Labute approximate surface area is 252 Å². The Balaban J connectivity index is 1.11. The molecule has 0 aliphatic carbocycles. The zero-order chi connectivity index (χ0) is 29.4. The van der Waals surface area contributed by atoms with E-state index in [1.807, 2.05) is 77.5 Å². The van der Waals surface area contributed by atoms with Crippen LogP contribution in [0.1, 0.15) is 67.4 Å². The molecule has 8 heteroatoms. The van der Waals surface area contributed by atoms with Crippen LogP contribution in [0.25, 0.3) is 27.7 Å². The summed E-state index contributed by atoms with van der Waals surface area (Å²) < 4.78 is 1.94. The highest BCUT2D eigenvalue weighted by Crippen LogP contribution is 2.25. The number of aromatic nitrogens is 4. The van der Waals surface area contributed by atoms with E-state index in [0.717, 1.165) is 85.0 Å². The number of H-pyrrole nitrogens is 1. The number of carbonyl (C=O) groups is 2. The zero-order valence-corrected chi connectivity index (χ0v) is 24.5. The molecule has 2 aromatic heterocycles. The SMILES string of the molecule is O=C(Nc1nc(CCCCCC(=O)N2CCCCCC2)cn1-c1ccccc1)c1cccc(-c2ccc3[nH]ncc3c2)c1. The fourth-order valence-corrected chi connectivity index (χ4v) is 5.80. The van der Waals surface area contributed by atoms with Crippen LogP contribution in [-0.2, 0) is 11.2 Å². The Hall–Kier alpha value is -4.72. The van der Waals surface area contributed by atoms with Crippen LogP contribution < -0.4 is 5.32 Å². The Morgan fingerprint density at radius 3 is 2.49 bits per heavy atom. The molecule has 1 aliphatic heterocycles. The number of likely N-dealkylation sites (tertiary alicyclic amines) is 1. The highest BCUT2D eigenvalue weighted by molar-refractivity contribution is 6.04. The second kappa shape index (κ2) is 13.5. The van der Waals surface area contributed by atoms with E-state index in [1.165, 1.54) is 12.8 Å². The number of rotatable bonds is 10. The number of anilines is 1. The Morgan fingerprint density at radius 2 is 1.65 bits per heavy atom. The minimum atomic E-state index is -0.215. The van der Waals surface area contributed by atoms with Crippen molar-refractivity contribution in [2.75, 3.05) is 18.4 Å². The number of aromatic amines is 1. The molecule has 0 spiro atoms. The second-order valence-corrected chi connectivity index (χ2v) is 11.3. The molecular weight excluding hydrogens is 536 g/mol. The van der Waals surface area contributed by atoms with Gasteiger partial charge in [0.05, 0.1) is 17.4 Å². The summed E-state index contributed by atoms with van der Waals surface area (Å²) in [4.78, 5) is 33.0. The van der Waals surface area contributed by atoms with Crippen molar-refractivity contribution in [1.29, 1.82) is 0 Å². The second-order valence-electron chi connectivity index (χ2n) is 11.3. The van der Waals surface area contributed by atoms with Gasteiger partial charge in [-0.25, -0.2) is 4.98 Å². The lowest BCUT2D eigenvalue weighted by atomic mass is 10.0. The molecule has 5 aromatic rings. The van der Waals surface area contributed by atoms with Gasteiger partial charge in [-0.15, -0.1) is 0 Å². The van der Waals surface area contributed by atoms with Gasteiger partial charge in [0, 0.05) is 42.3 Å². The van der Waals surface area contributed by atoms with E-state index in [9.17, 15) is 9.59 Å². The van der Waals surface area contributed by atoms with Crippen molar-refractivity contribution < 1.29 is 9.59 Å². The highest BCUT2D eigenvalue weighted by Gasteiger charge is 2.17. The maximum absolute atomic E-state index is 13.5. The molecule has 1 fully saturated rings. The number of imidazole rings is 1. The van der Waals surface area contributed by atoms with E-state index in [-0.39, 0.29) is 5.91 Å². The molecule has 0 unspecified atom stereocenters. The summed E-state index contributed by atoms with van der Waals surface area (Å²) in [5, 5.41) is 11.2. The largest absolute Gasteiger partial charge is 0.343 e. The van der Waals surface area contributed by atoms with Gasteiger partial charge in [0.2, 0.25) is 11.9 Å². The molecule has 0 atom stereocenters. The number of aryl methyl sites for hydroxylation is 1. The first-order valence-corrected chi connectivity index (χ1v) is 15.4. The minimum absolute atomic E-state index is 0.215. The molecule has 2 amide bonds. The van der Waals surface area contributed by atoms with Crippen molar-refractivity contribution in [1.82, 2.24) is 24.6 Å². The summed E-state index contributed by atoms with van der Waals surface area (Å²) in [5.41, 5.74) is 5.36. The number of nitrogens with one attached hydrogen (secondary N) is 2. The van der Waals surface area contributed by atoms with Crippen molar-refractivity contribution >= 4 is 28.7 Å². The molecule has 220 valence electrons. The van der Waals surface area contributed by atoms with E-state index >= 15 is 0 Å². The molecule has 0 radical (unpaired) electrons. The maximum Gasteiger partial charge on any atom is 0.258 e. The van der Waals surface area contributed by atoms with Gasteiger partial charge in [-0.1, -0.05) is 55.7 Å². The summed E-state index contributed by atoms with van der Waals surface area (Å²) in [7, 11) is 0. The third kappa shape index (κ3) is 7.02. The number of amides is 2. The average molecular weight is 575 g/mol. The predicted octanol–water partition coefficient (Wildman–Crippen LogP) is 7.17. The number of nitrogens with zero attached hydrogens (tertiary/aromatic N) is 4. The fraction of sp³-hybridized carbons (Fsp3) is 0.314. The van der Waals surface area contributed by atoms with Crippen LogP contribution in [0.4, 0.5) is 5.95 Å². The van der Waals surface area contributed by atoms with Crippen molar-refractivity contribution in [2.45, 2.75) is 57.8 Å². The van der Waals surface area contributed by atoms with E-state index in [2.05, 4.69) is 26.5 Å². The van der Waals surface area contributed by atoms with Gasteiger partial charge in [-0.2, -0.15) is 5.10 Å². The van der Waals surface area contributed by atoms with Crippen LogP contribution in [-0.4, -0.2) is 49.6 Å². The molecule has 1 saturated heterocycles. The first-order chi connectivity index (χ1) is 21.1. The van der Waals surface area contributed by atoms with Crippen molar-refractivity contribution in [3.05, 3.63) is 96.4 Å². The van der Waals surface area contributed by atoms with Crippen molar-refractivity contribution in [3.8, 4) is 16.8 Å². The van der Waals surface area contributed by atoms with Crippen LogP contribution in [0.2, 0.25) is 0 Å². The van der Waals surface area contributed by atoms with Gasteiger partial charge in [0.1, 0.15) is 0 Å². The van der Waals surface area contributed by atoms with E-state index in [1.54, 1.807) is 6.20 Å². The lowest BCUT2D eigenvalue weighted by molar-refractivity contribution is -0.131. The molecule has 0 bridgehead atoms. The van der Waals surface area contributed by atoms with Gasteiger partial charge in [-0.05, 0) is 79.6 Å². The lowest BCUT2D eigenvalue weighted by Gasteiger charge is -2.20. The monoisotopic (exact) mass is 574 g/mol. The molecule has 8 nitrogen and oxygen atoms in total. The Bertz CT molecular complexity index is 1680. The van der Waals surface area contributed by atoms with Gasteiger partial charge < -0.3 is 4.90 Å². The molecular formula is C35H38N6O2. The topological polar surface area (TPSA) is 95.9 Å². The standard InChI is InChI=1S/C35H38N6O2/c42-33(40-20-9-1-2-10-21-40)17-8-3-5-14-30-25-41(31-15-6-4-7-16-31)35(37-30)38-34(43)28-13-11-12-26(22-28)27-18-19-32-29(23-27)24-36-39-32/h4,6-7,11-13,15-16,18-19,22-25H,1-3,5,8-10,14,17,20-21H2,(H,36,39)(H,37,38,43). The average Bonchev–Trinajstić information content (AvgIpc) is 3.58. The summed E-state index contributed by atoms with van der Waals surface area (Å²) >= 11 is 0. The number of hydrogen-bond acceptors (Lipinski definition) is 4. The van der Waals surface area contributed by atoms with Crippen LogP contribution >= 0.6 is 0 Å². The molecule has 43 heavy (non-hydrogen) atoms. The molecule has 2 N–H and O–H groups in total. The van der Waals surface area contributed by atoms with E-state index < -0.39 is 0 Å². The number of benzene rings is 3. The first kappa shape index (κ1) is 28.4. The quantitative estimate of drug-likeness (QED) is 0.173. The number of para-hydroxylation sites is 1. The first-order valence-electron chi connectivity index (χ1n) is 15.4. The Kier molecular flexibility index (Phi) is 8.92. The molecule has 1 aliphatic rings. The summed E-state index contributed by atoms with van der Waals surface area (Å²) in [5.74, 6) is 0.576. The fourth-order valence-electron chi connectivity index (χ4n) is 5.80. The molecule has 3 aromatic carbocycles. The normalized spacial score (nSPS) is 13.6. The van der Waals surface area contributed by atoms with Crippen molar-refractivity contribution in [3.63, 3.8) is 0 Å². The Morgan fingerprint density at radius 1 is 0.837 bits per heavy atom. The molecule has 6 rings (SSSR count). The summed E-state index contributed by atoms with van der Waals surface area (Å²) in [6, 6.07) is 23.6. The van der Waals surface area contributed by atoms with Gasteiger partial charge in [0.15, 0.2) is 0 Å². The predicted molar refractivity (Wildman–Crippen MR) is 170 cm³/mol. The van der Waals surface area contributed by atoms with Gasteiger partial charge in [-0.3, -0.25) is 24.6 Å². The van der Waals surface area contributed by atoms with E-state index in [0.29, 0.717) is 23.8 Å². The smallest absolute Gasteiger partial charge is 0.258 e. The molecule has 0 saturated carbocycles. The number of hydrogen-bond donors (Lipinski definition) is 2. The molecule has 3 heterocycles. The summed E-state index contributed by atoms with van der Waals surface area (Å²) in [6.45, 7) is 1.82. The van der Waals surface area contributed by atoms with Crippen molar-refractivity contribution in [2.24, 2.45) is 0 Å². The summed E-state index contributed by atoms with van der Waals surface area (Å²) in [6.07, 6.45) is 12.7. The van der Waals surface area contributed by atoms with Crippen LogP contribution in [0.15, 0.2) is 85.2 Å². The third-order valence-corrected chi connectivity index (χ3v) is 8.20. The maximum atomic E-state index is 13.5. The minimum Gasteiger partial charge on any atom is -0.343 e. The number of fused-ring (bicyclic) bond motifs is 1. The van der Waals surface area contributed by atoms with Gasteiger partial charge in [0.25, 0.3) is 5.91 Å². The van der Waals surface area contributed by atoms with E-state index in [4.69, 9.17) is 4.98 Å². The lowest BCUT2D eigenvalue weighted by Crippen LogP contribution is -2.31. The van der Waals surface area contributed by atoms with Crippen LogP contribution in [0.5, 0.6) is 0 Å². The number of unbranched alkanes of at least 4 members (excludes halogenated alkanes) is 2. The van der Waals surface area contributed by atoms with Crippen LogP contribution in [0, 0.1) is 0 Å². The third-order valence-electron chi connectivity index (χ3n) is 8.20. The zero-order valence-electron chi connectivity index (χ0n) is 24.5. The van der Waals surface area contributed by atoms with Crippen LogP contribution in [0.3, 0.4) is 0 Å². The number of carbonyl (C=O) groups excluding carboxylic acids is 2. The van der Waals surface area contributed by atoms with Gasteiger partial charge >= 0.3 is 0 Å².